The Labute approximate surface area is 198 Å². The van der Waals surface area contributed by atoms with Crippen LogP contribution >= 0.6 is 0 Å². The number of carboxylic acid groups (broad SMARTS) is 1. The van der Waals surface area contributed by atoms with Gasteiger partial charge in [-0.05, 0) is 56.7 Å². The van der Waals surface area contributed by atoms with Crippen molar-refractivity contribution in [2.75, 3.05) is 5.32 Å². The largest absolute Gasteiger partial charge is 0.480 e. The summed E-state index contributed by atoms with van der Waals surface area (Å²) < 4.78 is 11.2. The Morgan fingerprint density at radius 3 is 2.53 bits per heavy atom. The van der Waals surface area contributed by atoms with Crippen LogP contribution in [0.1, 0.15) is 53.1 Å². The summed E-state index contributed by atoms with van der Waals surface area (Å²) >= 11 is 0. The van der Waals surface area contributed by atoms with Gasteiger partial charge in [0.1, 0.15) is 6.54 Å². The fraction of sp³-hybridized carbons (Fsp3) is 0.231. The normalized spacial score (nSPS) is 11.4. The van der Waals surface area contributed by atoms with Crippen LogP contribution in [0.25, 0.3) is 16.6 Å². The van der Waals surface area contributed by atoms with Crippen LogP contribution in [0.5, 0.6) is 0 Å². The van der Waals surface area contributed by atoms with Gasteiger partial charge in [0.15, 0.2) is 5.78 Å². The van der Waals surface area contributed by atoms with Crippen molar-refractivity contribution >= 4 is 34.3 Å². The molecule has 0 saturated heterocycles. The summed E-state index contributed by atoms with van der Waals surface area (Å²) in [6.07, 6.45) is 4.34. The van der Waals surface area contributed by atoms with Gasteiger partial charge in [-0.25, -0.2) is 4.68 Å². The number of ketones is 1. The lowest BCUT2D eigenvalue weighted by atomic mass is 10.1. The number of fused-ring (bicyclic) bond motifs is 1. The molecular weight excluding hydrogens is 432 g/mol. The Morgan fingerprint density at radius 2 is 1.85 bits per heavy atom. The zero-order valence-electron chi connectivity index (χ0n) is 20.3. The first kappa shape index (κ1) is 21.6. The number of Topliss-reactive ketones (excluding diaryl/α,β-unsaturated/α-hetero) is 1. The van der Waals surface area contributed by atoms with Crippen LogP contribution in [0.3, 0.4) is 0 Å². The van der Waals surface area contributed by atoms with Gasteiger partial charge in [0.05, 0.1) is 30.1 Å². The maximum atomic E-state index is 13.1. The average molecular weight is 461 g/mol. The SMILES string of the molecule is [3H]c1cc2c(cc1C)c(C(=O)Nc1ccc(-n3ncc(C(=O)CCC)c3C)cc1)cn2CC(=O)O. The number of aliphatic carboxylic acids is 1. The highest BCUT2D eigenvalue weighted by atomic mass is 16.4. The van der Waals surface area contributed by atoms with Crippen LogP contribution in [0, 0.1) is 13.8 Å². The van der Waals surface area contributed by atoms with Crippen molar-refractivity contribution in [2.24, 2.45) is 0 Å². The second kappa shape index (κ2) is 9.35. The van der Waals surface area contributed by atoms with E-state index in [1.54, 1.807) is 54.2 Å². The average Bonchev–Trinajstić information content (AvgIpc) is 3.35. The summed E-state index contributed by atoms with van der Waals surface area (Å²) in [4.78, 5) is 36.7. The van der Waals surface area contributed by atoms with Gasteiger partial charge in [0, 0.05) is 29.2 Å². The predicted molar refractivity (Wildman–Crippen MR) is 130 cm³/mol. The summed E-state index contributed by atoms with van der Waals surface area (Å²) in [6.45, 7) is 5.27. The molecule has 4 aromatic rings. The first-order valence-corrected chi connectivity index (χ1v) is 11.0. The van der Waals surface area contributed by atoms with Gasteiger partial charge in [-0.2, -0.15) is 5.10 Å². The molecule has 0 bridgehead atoms. The molecule has 0 spiro atoms. The molecule has 8 heteroatoms. The van der Waals surface area contributed by atoms with Gasteiger partial charge in [-0.15, -0.1) is 0 Å². The summed E-state index contributed by atoms with van der Waals surface area (Å²) in [5.41, 5.74) is 4.21. The molecule has 2 aromatic carbocycles. The Balaban J connectivity index is 1.59. The van der Waals surface area contributed by atoms with Crippen molar-refractivity contribution in [3.63, 3.8) is 0 Å². The van der Waals surface area contributed by atoms with Crippen LogP contribution in [0.15, 0.2) is 54.8 Å². The summed E-state index contributed by atoms with van der Waals surface area (Å²) in [6, 6.07) is 10.7. The summed E-state index contributed by atoms with van der Waals surface area (Å²) in [7, 11) is 0. The topological polar surface area (TPSA) is 106 Å². The molecule has 0 aliphatic carbocycles. The number of nitrogens with zero attached hydrogens (tertiary/aromatic N) is 3. The minimum atomic E-state index is -1.04. The van der Waals surface area contributed by atoms with Gasteiger partial charge in [-0.3, -0.25) is 14.4 Å². The third kappa shape index (κ3) is 4.47. The van der Waals surface area contributed by atoms with Crippen molar-refractivity contribution in [3.05, 3.63) is 77.2 Å². The Hall–Kier alpha value is -4.20. The van der Waals surface area contributed by atoms with Gasteiger partial charge in [0.2, 0.25) is 0 Å². The maximum absolute atomic E-state index is 13.1. The predicted octanol–water partition coefficient (Wildman–Crippen LogP) is 4.76. The standard InChI is InChI=1S/C26H26N4O4/c1-4-5-24(31)21-13-27-30(17(21)3)19-9-7-18(8-10-19)28-26(34)22-14-29(15-25(32)33)23-11-6-16(2)12-20(22)23/h6-14H,4-5,15H2,1-3H3,(H,28,34)(H,32,33)/i6T. The van der Waals surface area contributed by atoms with Crippen LogP contribution in [0.4, 0.5) is 5.69 Å². The molecule has 0 saturated carbocycles. The van der Waals surface area contributed by atoms with Crippen LogP contribution in [-0.2, 0) is 11.3 Å². The van der Waals surface area contributed by atoms with Crippen LogP contribution in [-0.4, -0.2) is 37.1 Å². The highest BCUT2D eigenvalue weighted by Crippen LogP contribution is 2.25. The van der Waals surface area contributed by atoms with Crippen LogP contribution in [0.2, 0.25) is 0 Å². The van der Waals surface area contributed by atoms with Crippen molar-refractivity contribution in [2.45, 2.75) is 40.2 Å². The molecule has 174 valence electrons. The van der Waals surface area contributed by atoms with E-state index in [9.17, 15) is 19.5 Å². The monoisotopic (exact) mass is 460 g/mol. The zero-order chi connectivity index (χ0) is 25.3. The van der Waals surface area contributed by atoms with Crippen molar-refractivity contribution in [1.29, 1.82) is 0 Å². The van der Waals surface area contributed by atoms with Gasteiger partial charge >= 0.3 is 5.97 Å². The second-order valence-electron chi connectivity index (χ2n) is 8.21. The quantitative estimate of drug-likeness (QED) is 0.369. The molecule has 0 fully saturated rings. The third-order valence-electron chi connectivity index (χ3n) is 5.67. The number of hydrogen-bond donors (Lipinski definition) is 2. The summed E-state index contributed by atoms with van der Waals surface area (Å²) in [5.74, 6) is -1.35. The molecule has 0 unspecified atom stereocenters. The number of carbonyl (C=O) groups excluding carboxylic acids is 2. The van der Waals surface area contributed by atoms with E-state index in [0.29, 0.717) is 39.7 Å². The number of carboxylic acids is 1. The van der Waals surface area contributed by atoms with E-state index < -0.39 is 5.97 Å². The molecule has 34 heavy (non-hydrogen) atoms. The van der Waals surface area contributed by atoms with E-state index in [1.807, 2.05) is 13.8 Å². The van der Waals surface area contributed by atoms with E-state index in [-0.39, 0.29) is 24.3 Å². The number of amides is 1. The molecule has 0 radical (unpaired) electrons. The first-order valence-electron chi connectivity index (χ1n) is 11.5. The van der Waals surface area contributed by atoms with Gasteiger partial charge in [0.25, 0.3) is 5.91 Å². The number of hydrogen-bond acceptors (Lipinski definition) is 4. The molecule has 2 N–H and O–H groups in total. The number of anilines is 1. The lowest BCUT2D eigenvalue weighted by Gasteiger charge is -2.08. The Morgan fingerprint density at radius 1 is 1.12 bits per heavy atom. The lowest BCUT2D eigenvalue weighted by Crippen LogP contribution is -2.12. The van der Waals surface area contributed by atoms with E-state index in [4.69, 9.17) is 1.37 Å². The number of benzene rings is 2. The molecule has 0 aliphatic rings. The molecular formula is C26H26N4O4. The number of aryl methyl sites for hydroxylation is 1. The number of carbonyl (C=O) groups is 3. The molecule has 4 rings (SSSR count). The zero-order valence-corrected chi connectivity index (χ0v) is 19.3. The maximum Gasteiger partial charge on any atom is 0.323 e. The number of rotatable bonds is 8. The molecule has 1 amide bonds. The van der Waals surface area contributed by atoms with Gasteiger partial charge in [-0.1, -0.05) is 18.5 Å². The molecule has 8 nitrogen and oxygen atoms in total. The van der Waals surface area contributed by atoms with Crippen molar-refractivity contribution < 1.29 is 20.9 Å². The fourth-order valence-electron chi connectivity index (χ4n) is 3.99. The first-order chi connectivity index (χ1) is 16.7. The number of nitrogens with one attached hydrogen (secondary N) is 1. The molecule has 2 aromatic heterocycles. The van der Waals surface area contributed by atoms with E-state index in [1.165, 1.54) is 10.8 Å². The van der Waals surface area contributed by atoms with E-state index in [2.05, 4.69) is 10.4 Å². The second-order valence-corrected chi connectivity index (χ2v) is 8.21. The highest BCUT2D eigenvalue weighted by Gasteiger charge is 2.18. The summed E-state index contributed by atoms with van der Waals surface area (Å²) in [5, 5.41) is 17.0. The molecule has 0 aliphatic heterocycles. The molecule has 2 heterocycles. The fourth-order valence-corrected chi connectivity index (χ4v) is 3.99. The molecule has 0 atom stereocenters. The minimum Gasteiger partial charge on any atom is -0.480 e. The van der Waals surface area contributed by atoms with E-state index in [0.717, 1.165) is 17.8 Å². The van der Waals surface area contributed by atoms with Crippen molar-refractivity contribution in [1.82, 2.24) is 14.3 Å². The highest BCUT2D eigenvalue weighted by molar-refractivity contribution is 6.13. The smallest absolute Gasteiger partial charge is 0.323 e. The minimum absolute atomic E-state index is 0.0648. The van der Waals surface area contributed by atoms with Crippen LogP contribution < -0.4 is 5.32 Å². The van der Waals surface area contributed by atoms with Crippen molar-refractivity contribution in [3.8, 4) is 5.69 Å². The Kier molecular flexibility index (Phi) is 5.95. The Bertz CT molecular complexity index is 1450. The van der Waals surface area contributed by atoms with E-state index >= 15 is 0 Å². The van der Waals surface area contributed by atoms with Gasteiger partial charge < -0.3 is 15.0 Å². The third-order valence-corrected chi connectivity index (χ3v) is 5.67. The number of aromatic nitrogens is 3. The lowest BCUT2D eigenvalue weighted by molar-refractivity contribution is -0.137.